The number of fused-ring (bicyclic) bond motifs is 1. The average molecular weight is 309 g/mol. The van der Waals surface area contributed by atoms with Gasteiger partial charge in [-0.3, -0.25) is 4.79 Å². The van der Waals surface area contributed by atoms with Crippen LogP contribution in [0.25, 0.3) is 0 Å². The van der Waals surface area contributed by atoms with Gasteiger partial charge >= 0.3 is 5.97 Å². The summed E-state index contributed by atoms with van der Waals surface area (Å²) in [6, 6.07) is 0.0239. The number of carbonyl (C=O) groups excluding carboxylic acids is 2. The summed E-state index contributed by atoms with van der Waals surface area (Å²) in [6.45, 7) is 7.64. The largest absolute Gasteiger partial charge is 0.462 e. The molecule has 1 aromatic heterocycles. The van der Waals surface area contributed by atoms with E-state index in [2.05, 4.69) is 0 Å². The normalized spacial score (nSPS) is 14.0. The van der Waals surface area contributed by atoms with Gasteiger partial charge in [0.15, 0.2) is 0 Å². The summed E-state index contributed by atoms with van der Waals surface area (Å²) in [6.07, 6.45) is 4.15. The Morgan fingerprint density at radius 1 is 1.29 bits per heavy atom. The molecular formula is C16H23NO3S. The minimum absolute atomic E-state index is 0.0239. The first-order valence-electron chi connectivity index (χ1n) is 7.58. The van der Waals surface area contributed by atoms with E-state index in [1.165, 1.54) is 4.88 Å². The van der Waals surface area contributed by atoms with Crippen LogP contribution in [0.1, 0.15) is 61.3 Å². The summed E-state index contributed by atoms with van der Waals surface area (Å²) >= 11 is 1.59. The summed E-state index contributed by atoms with van der Waals surface area (Å²) in [4.78, 5) is 27.4. The molecule has 1 aliphatic carbocycles. The van der Waals surface area contributed by atoms with E-state index in [0.29, 0.717) is 12.2 Å². The second kappa shape index (κ2) is 6.60. The van der Waals surface area contributed by atoms with Crippen molar-refractivity contribution >= 4 is 28.2 Å². The number of hydrogen-bond donors (Lipinski definition) is 0. The Balaban J connectivity index is 2.55. The number of carbonyl (C=O) groups is 2. The van der Waals surface area contributed by atoms with E-state index in [1.54, 1.807) is 23.2 Å². The predicted molar refractivity (Wildman–Crippen MR) is 85.2 cm³/mol. The van der Waals surface area contributed by atoms with Gasteiger partial charge in [-0.1, -0.05) is 0 Å². The molecule has 0 fully saturated rings. The van der Waals surface area contributed by atoms with Gasteiger partial charge in [0.1, 0.15) is 5.00 Å². The fourth-order valence-electron chi connectivity index (χ4n) is 2.88. The molecule has 1 aliphatic rings. The van der Waals surface area contributed by atoms with E-state index in [4.69, 9.17) is 4.74 Å². The predicted octanol–water partition coefficient (Wildman–Crippen LogP) is 3.56. The highest BCUT2D eigenvalue weighted by Gasteiger charge is 2.31. The van der Waals surface area contributed by atoms with Gasteiger partial charge in [0, 0.05) is 17.8 Å². The van der Waals surface area contributed by atoms with Crippen molar-refractivity contribution in [3.05, 3.63) is 16.0 Å². The molecule has 116 valence electrons. The number of amides is 1. The van der Waals surface area contributed by atoms with Gasteiger partial charge < -0.3 is 9.64 Å². The maximum Gasteiger partial charge on any atom is 0.341 e. The molecule has 21 heavy (non-hydrogen) atoms. The van der Waals surface area contributed by atoms with E-state index >= 15 is 0 Å². The molecule has 1 amide bonds. The third kappa shape index (κ3) is 3.12. The van der Waals surface area contributed by atoms with Crippen LogP contribution in [0.3, 0.4) is 0 Å². The molecule has 4 nitrogen and oxygen atoms in total. The number of anilines is 1. The molecule has 0 bridgehead atoms. The van der Waals surface area contributed by atoms with Crippen LogP contribution in [0.5, 0.6) is 0 Å². The lowest BCUT2D eigenvalue weighted by Crippen LogP contribution is -2.35. The SMILES string of the molecule is CCOC(=O)c1c(N(C(C)=O)C(C)C)sc2c1CCCC2. The highest BCUT2D eigenvalue weighted by Crippen LogP contribution is 2.41. The van der Waals surface area contributed by atoms with Gasteiger partial charge in [0.05, 0.1) is 12.2 Å². The van der Waals surface area contributed by atoms with Crippen LogP contribution in [0.4, 0.5) is 5.00 Å². The molecule has 2 rings (SSSR count). The molecule has 0 spiro atoms. The fourth-order valence-corrected chi connectivity index (χ4v) is 4.43. The summed E-state index contributed by atoms with van der Waals surface area (Å²) in [5.74, 6) is -0.326. The molecule has 5 heteroatoms. The Kier molecular flexibility index (Phi) is 5.04. The van der Waals surface area contributed by atoms with Crippen molar-refractivity contribution in [2.75, 3.05) is 11.5 Å². The van der Waals surface area contributed by atoms with Crippen LogP contribution in [-0.2, 0) is 22.4 Å². The van der Waals surface area contributed by atoms with Gasteiger partial charge in [-0.05, 0) is 52.0 Å². The first-order valence-corrected chi connectivity index (χ1v) is 8.40. The van der Waals surface area contributed by atoms with Crippen molar-refractivity contribution < 1.29 is 14.3 Å². The lowest BCUT2D eigenvalue weighted by molar-refractivity contribution is -0.116. The van der Waals surface area contributed by atoms with E-state index in [1.807, 2.05) is 20.8 Å². The summed E-state index contributed by atoms with van der Waals surface area (Å²) in [5, 5.41) is 0.767. The van der Waals surface area contributed by atoms with Crippen molar-refractivity contribution in [3.8, 4) is 0 Å². The van der Waals surface area contributed by atoms with Gasteiger partial charge in [-0.2, -0.15) is 0 Å². The van der Waals surface area contributed by atoms with Crippen LogP contribution in [0, 0.1) is 0 Å². The summed E-state index contributed by atoms with van der Waals surface area (Å²) in [5.41, 5.74) is 1.73. The monoisotopic (exact) mass is 309 g/mol. The number of hydrogen-bond acceptors (Lipinski definition) is 4. The fraction of sp³-hybridized carbons (Fsp3) is 0.625. The molecule has 1 aromatic rings. The molecule has 0 N–H and O–H groups in total. The van der Waals surface area contributed by atoms with Crippen LogP contribution < -0.4 is 4.90 Å². The molecule has 0 aromatic carbocycles. The third-order valence-electron chi connectivity index (χ3n) is 3.71. The summed E-state index contributed by atoms with van der Waals surface area (Å²) in [7, 11) is 0. The lowest BCUT2D eigenvalue weighted by atomic mass is 9.95. The molecule has 0 unspecified atom stereocenters. The van der Waals surface area contributed by atoms with Crippen molar-refractivity contribution in [1.29, 1.82) is 0 Å². The third-order valence-corrected chi connectivity index (χ3v) is 5.00. The zero-order valence-corrected chi connectivity index (χ0v) is 14.0. The van der Waals surface area contributed by atoms with Crippen molar-refractivity contribution in [1.82, 2.24) is 0 Å². The van der Waals surface area contributed by atoms with E-state index in [0.717, 1.165) is 36.2 Å². The molecule has 0 aliphatic heterocycles. The number of ether oxygens (including phenoxy) is 1. The molecule has 0 saturated heterocycles. The quantitative estimate of drug-likeness (QED) is 0.799. The first kappa shape index (κ1) is 16.0. The Bertz CT molecular complexity index is 548. The lowest BCUT2D eigenvalue weighted by Gasteiger charge is -2.25. The van der Waals surface area contributed by atoms with Crippen molar-refractivity contribution in [2.24, 2.45) is 0 Å². The second-order valence-electron chi connectivity index (χ2n) is 5.59. The number of nitrogens with zero attached hydrogens (tertiary/aromatic N) is 1. The van der Waals surface area contributed by atoms with Crippen LogP contribution in [0.15, 0.2) is 0 Å². The highest BCUT2D eigenvalue weighted by molar-refractivity contribution is 7.17. The second-order valence-corrected chi connectivity index (χ2v) is 6.68. The van der Waals surface area contributed by atoms with Gasteiger partial charge in [-0.15, -0.1) is 11.3 Å². The number of aryl methyl sites for hydroxylation is 1. The smallest absolute Gasteiger partial charge is 0.341 e. The number of thiophene rings is 1. The Labute approximate surface area is 130 Å². The van der Waals surface area contributed by atoms with E-state index < -0.39 is 0 Å². The van der Waals surface area contributed by atoms with Gasteiger partial charge in [-0.25, -0.2) is 4.79 Å². The number of esters is 1. The van der Waals surface area contributed by atoms with E-state index in [9.17, 15) is 9.59 Å². The van der Waals surface area contributed by atoms with Crippen LogP contribution >= 0.6 is 11.3 Å². The maximum atomic E-state index is 12.4. The van der Waals surface area contributed by atoms with Crippen molar-refractivity contribution in [3.63, 3.8) is 0 Å². The van der Waals surface area contributed by atoms with Gasteiger partial charge in [0.25, 0.3) is 0 Å². The Morgan fingerprint density at radius 2 is 1.95 bits per heavy atom. The van der Waals surface area contributed by atoms with E-state index in [-0.39, 0.29) is 17.9 Å². The highest BCUT2D eigenvalue weighted by atomic mass is 32.1. The van der Waals surface area contributed by atoms with Gasteiger partial charge in [0.2, 0.25) is 5.91 Å². The molecule has 0 radical (unpaired) electrons. The van der Waals surface area contributed by atoms with Crippen molar-refractivity contribution in [2.45, 2.75) is 59.4 Å². The first-order chi connectivity index (χ1) is 9.97. The zero-order valence-electron chi connectivity index (χ0n) is 13.2. The van der Waals surface area contributed by atoms with Crippen LogP contribution in [0.2, 0.25) is 0 Å². The topological polar surface area (TPSA) is 46.6 Å². The average Bonchev–Trinajstić information content (AvgIpc) is 2.76. The minimum atomic E-state index is -0.293. The van der Waals surface area contributed by atoms with Crippen LogP contribution in [-0.4, -0.2) is 24.5 Å². The standard InChI is InChI=1S/C16H23NO3S/c1-5-20-16(19)14-12-8-6-7-9-13(12)21-15(14)17(10(2)3)11(4)18/h10H,5-9H2,1-4H3. The minimum Gasteiger partial charge on any atom is -0.462 e. The molecule has 1 heterocycles. The summed E-state index contributed by atoms with van der Waals surface area (Å²) < 4.78 is 5.23. The molecule has 0 atom stereocenters. The zero-order chi connectivity index (χ0) is 15.6. The Morgan fingerprint density at radius 3 is 2.52 bits per heavy atom. The number of rotatable bonds is 4. The molecular weight excluding hydrogens is 286 g/mol. The Hall–Kier alpha value is -1.36. The maximum absolute atomic E-state index is 12.4. The molecule has 0 saturated carbocycles.